The molecule has 0 aromatic heterocycles. The summed E-state index contributed by atoms with van der Waals surface area (Å²) in [6.45, 7) is 7.06. The van der Waals surface area contributed by atoms with Gasteiger partial charge in [0.2, 0.25) is 0 Å². The van der Waals surface area contributed by atoms with Crippen LogP contribution >= 0.6 is 11.8 Å². The topological polar surface area (TPSA) is 15.3 Å². The Morgan fingerprint density at radius 2 is 2.00 bits per heavy atom. The highest BCUT2D eigenvalue weighted by Gasteiger charge is 2.35. The second-order valence-electron chi connectivity index (χ2n) is 7.03. The molecule has 2 nitrogen and oxygen atoms in total. The quantitative estimate of drug-likeness (QED) is 0.805. The van der Waals surface area contributed by atoms with E-state index in [2.05, 4.69) is 42.9 Å². The van der Waals surface area contributed by atoms with E-state index >= 15 is 0 Å². The van der Waals surface area contributed by atoms with E-state index in [1.54, 1.807) is 0 Å². The molecule has 3 heteroatoms. The minimum Gasteiger partial charge on any atom is -0.314 e. The molecule has 0 aromatic rings. The fourth-order valence-electron chi connectivity index (χ4n) is 3.64. The SMILES string of the molecule is CC(C)NCC1(CN(C)C2CCSC2)CCCCC1. The standard InChI is InChI=1S/C16H32N2S/c1-14(2)17-12-16(8-5-4-6-9-16)13-18(3)15-7-10-19-11-15/h14-15,17H,4-13H2,1-3H3. The third-order valence-corrected chi connectivity index (χ3v) is 6.06. The first-order chi connectivity index (χ1) is 9.11. The van der Waals surface area contributed by atoms with E-state index < -0.39 is 0 Å². The Balaban J connectivity index is 1.91. The van der Waals surface area contributed by atoms with E-state index in [9.17, 15) is 0 Å². The lowest BCUT2D eigenvalue weighted by Gasteiger charge is -2.42. The largest absolute Gasteiger partial charge is 0.314 e. The van der Waals surface area contributed by atoms with Gasteiger partial charge in [-0.1, -0.05) is 33.1 Å². The van der Waals surface area contributed by atoms with E-state index in [-0.39, 0.29) is 0 Å². The Bertz CT molecular complexity index is 255. The van der Waals surface area contributed by atoms with Crippen LogP contribution in [0.15, 0.2) is 0 Å². The van der Waals surface area contributed by atoms with Gasteiger partial charge >= 0.3 is 0 Å². The molecule has 1 aliphatic carbocycles. The molecule has 0 radical (unpaired) electrons. The lowest BCUT2D eigenvalue weighted by Crippen LogP contribution is -2.48. The third kappa shape index (κ3) is 4.64. The summed E-state index contributed by atoms with van der Waals surface area (Å²) in [4.78, 5) is 2.67. The maximum Gasteiger partial charge on any atom is 0.0191 e. The lowest BCUT2D eigenvalue weighted by molar-refractivity contribution is 0.0966. The van der Waals surface area contributed by atoms with Gasteiger partial charge in [0.15, 0.2) is 0 Å². The summed E-state index contributed by atoms with van der Waals surface area (Å²) in [5, 5.41) is 3.72. The lowest BCUT2D eigenvalue weighted by atomic mass is 9.73. The van der Waals surface area contributed by atoms with Crippen molar-refractivity contribution in [2.45, 2.75) is 64.5 Å². The zero-order valence-electron chi connectivity index (χ0n) is 13.1. The minimum atomic E-state index is 0.546. The first-order valence-electron chi connectivity index (χ1n) is 8.13. The van der Waals surface area contributed by atoms with Crippen molar-refractivity contribution in [2.75, 3.05) is 31.6 Å². The van der Waals surface area contributed by atoms with Crippen LogP contribution in [0.25, 0.3) is 0 Å². The van der Waals surface area contributed by atoms with Crippen LogP contribution in [0, 0.1) is 5.41 Å². The summed E-state index contributed by atoms with van der Waals surface area (Å²) < 4.78 is 0. The highest BCUT2D eigenvalue weighted by atomic mass is 32.2. The van der Waals surface area contributed by atoms with Crippen LogP contribution in [0.4, 0.5) is 0 Å². The smallest absolute Gasteiger partial charge is 0.0191 e. The van der Waals surface area contributed by atoms with E-state index in [0.29, 0.717) is 11.5 Å². The van der Waals surface area contributed by atoms with Crippen molar-refractivity contribution in [3.63, 3.8) is 0 Å². The van der Waals surface area contributed by atoms with E-state index in [1.807, 2.05) is 0 Å². The average Bonchev–Trinajstić information content (AvgIpc) is 2.92. The molecule has 1 aliphatic heterocycles. The molecule has 112 valence electrons. The summed E-state index contributed by atoms with van der Waals surface area (Å²) in [7, 11) is 2.36. The van der Waals surface area contributed by atoms with Crippen LogP contribution in [-0.2, 0) is 0 Å². The maximum atomic E-state index is 3.72. The summed E-state index contributed by atoms with van der Waals surface area (Å²) in [6, 6.07) is 1.45. The number of hydrogen-bond acceptors (Lipinski definition) is 3. The van der Waals surface area contributed by atoms with E-state index in [1.165, 1.54) is 63.1 Å². The Labute approximate surface area is 124 Å². The highest BCUT2D eigenvalue weighted by Crippen LogP contribution is 2.37. The number of nitrogens with one attached hydrogen (secondary N) is 1. The zero-order chi connectivity index (χ0) is 13.7. The molecule has 0 amide bonds. The third-order valence-electron chi connectivity index (χ3n) is 4.91. The molecule has 2 fully saturated rings. The molecule has 2 aliphatic rings. The van der Waals surface area contributed by atoms with Crippen LogP contribution in [0.1, 0.15) is 52.4 Å². The van der Waals surface area contributed by atoms with Crippen LogP contribution in [-0.4, -0.2) is 48.6 Å². The van der Waals surface area contributed by atoms with E-state index in [0.717, 1.165) is 6.04 Å². The van der Waals surface area contributed by atoms with Gasteiger partial charge in [0.1, 0.15) is 0 Å². The van der Waals surface area contributed by atoms with Gasteiger partial charge in [-0.15, -0.1) is 0 Å². The first kappa shape index (κ1) is 15.7. The molecule has 0 bridgehead atoms. The normalized spacial score (nSPS) is 27.3. The summed E-state index contributed by atoms with van der Waals surface area (Å²) in [6.07, 6.45) is 8.58. The molecule has 1 N–H and O–H groups in total. The van der Waals surface area contributed by atoms with Gasteiger partial charge in [0.05, 0.1) is 0 Å². The van der Waals surface area contributed by atoms with Crippen LogP contribution in [0.3, 0.4) is 0 Å². The van der Waals surface area contributed by atoms with Crippen molar-refractivity contribution in [1.82, 2.24) is 10.2 Å². The molecule has 2 rings (SSSR count). The molecular weight excluding hydrogens is 252 g/mol. The Kier molecular flexibility index (Phi) is 6.04. The van der Waals surface area contributed by atoms with Gasteiger partial charge < -0.3 is 10.2 Å². The summed E-state index contributed by atoms with van der Waals surface area (Å²) in [5.74, 6) is 2.72. The van der Waals surface area contributed by atoms with Crippen molar-refractivity contribution in [2.24, 2.45) is 5.41 Å². The van der Waals surface area contributed by atoms with E-state index in [4.69, 9.17) is 0 Å². The van der Waals surface area contributed by atoms with Crippen LogP contribution in [0.2, 0.25) is 0 Å². The van der Waals surface area contributed by atoms with Crippen LogP contribution in [0.5, 0.6) is 0 Å². The zero-order valence-corrected chi connectivity index (χ0v) is 13.9. The molecule has 1 heterocycles. The second kappa shape index (κ2) is 7.33. The molecular formula is C16H32N2S. The van der Waals surface area contributed by atoms with Gasteiger partial charge in [-0.3, -0.25) is 0 Å². The van der Waals surface area contributed by atoms with Gasteiger partial charge in [-0.2, -0.15) is 11.8 Å². The number of nitrogens with zero attached hydrogens (tertiary/aromatic N) is 1. The monoisotopic (exact) mass is 284 g/mol. The van der Waals surface area contributed by atoms with Crippen LogP contribution < -0.4 is 5.32 Å². The molecule has 19 heavy (non-hydrogen) atoms. The second-order valence-corrected chi connectivity index (χ2v) is 8.18. The fourth-order valence-corrected chi connectivity index (χ4v) is 4.94. The molecule has 0 aromatic carbocycles. The van der Waals surface area contributed by atoms with Crippen molar-refractivity contribution >= 4 is 11.8 Å². The van der Waals surface area contributed by atoms with Gasteiger partial charge in [0, 0.05) is 30.9 Å². The molecule has 1 saturated heterocycles. The fraction of sp³-hybridized carbons (Fsp3) is 1.00. The Morgan fingerprint density at radius 1 is 1.26 bits per heavy atom. The van der Waals surface area contributed by atoms with Crippen molar-refractivity contribution in [3.05, 3.63) is 0 Å². The van der Waals surface area contributed by atoms with Gasteiger partial charge in [0.25, 0.3) is 0 Å². The average molecular weight is 285 g/mol. The predicted octanol–water partition coefficient (Wildman–Crippen LogP) is 3.37. The van der Waals surface area contributed by atoms with Gasteiger partial charge in [-0.25, -0.2) is 0 Å². The van der Waals surface area contributed by atoms with Crippen molar-refractivity contribution in [3.8, 4) is 0 Å². The summed E-state index contributed by atoms with van der Waals surface area (Å²) >= 11 is 2.13. The maximum absolute atomic E-state index is 3.72. The molecule has 1 unspecified atom stereocenters. The number of rotatable bonds is 6. The highest BCUT2D eigenvalue weighted by molar-refractivity contribution is 7.99. The van der Waals surface area contributed by atoms with Gasteiger partial charge in [-0.05, 0) is 37.5 Å². The molecule has 1 atom stereocenters. The Hall–Kier alpha value is 0.270. The number of hydrogen-bond donors (Lipinski definition) is 1. The van der Waals surface area contributed by atoms with Crippen molar-refractivity contribution in [1.29, 1.82) is 0 Å². The van der Waals surface area contributed by atoms with Crippen molar-refractivity contribution < 1.29 is 0 Å². The molecule has 0 spiro atoms. The minimum absolute atomic E-state index is 0.546. The predicted molar refractivity (Wildman–Crippen MR) is 87.0 cm³/mol. The number of thioether (sulfide) groups is 1. The molecule has 1 saturated carbocycles. The Morgan fingerprint density at radius 3 is 2.58 bits per heavy atom. The first-order valence-corrected chi connectivity index (χ1v) is 9.28. The summed E-state index contributed by atoms with van der Waals surface area (Å²) in [5.41, 5.74) is 0.546.